The van der Waals surface area contributed by atoms with Gasteiger partial charge in [0, 0.05) is 12.8 Å². The fourth-order valence-corrected chi connectivity index (χ4v) is 6.61. The lowest BCUT2D eigenvalue weighted by Crippen LogP contribution is -2.28. The number of esters is 1. The van der Waals surface area contributed by atoms with Crippen LogP contribution in [-0.2, 0) is 19.1 Å². The predicted molar refractivity (Wildman–Crippen MR) is 217 cm³/mol. The van der Waals surface area contributed by atoms with Crippen molar-refractivity contribution in [1.29, 1.82) is 0 Å². The van der Waals surface area contributed by atoms with Crippen molar-refractivity contribution in [3.05, 3.63) is 24.3 Å². The minimum absolute atomic E-state index is 0.0126. The third kappa shape index (κ3) is 40.5. The van der Waals surface area contributed by atoms with Gasteiger partial charge in [0.15, 0.2) is 0 Å². The Morgan fingerprint density at radius 3 is 1.43 bits per heavy atom. The minimum Gasteiger partial charge on any atom is -0.480 e. The average Bonchev–Trinajstić information content (AvgIpc) is 3.11. The fraction of sp³-hybridized carbons (Fsp3) is 0.844. The van der Waals surface area contributed by atoms with E-state index < -0.39 is 5.97 Å². The summed E-state index contributed by atoms with van der Waals surface area (Å²) in [7, 11) is 0. The number of hydrogen-bond donors (Lipinski definition) is 2. The second kappa shape index (κ2) is 40.7. The molecule has 0 aromatic carbocycles. The molecule has 0 aliphatic heterocycles. The van der Waals surface area contributed by atoms with Crippen molar-refractivity contribution in [2.24, 2.45) is 0 Å². The van der Waals surface area contributed by atoms with E-state index >= 15 is 0 Å². The molecule has 0 spiro atoms. The van der Waals surface area contributed by atoms with Crippen LogP contribution in [0.5, 0.6) is 0 Å². The topological polar surface area (TPSA) is 92.7 Å². The summed E-state index contributed by atoms with van der Waals surface area (Å²) >= 11 is 0. The van der Waals surface area contributed by atoms with Crippen molar-refractivity contribution in [2.75, 3.05) is 6.54 Å². The van der Waals surface area contributed by atoms with Crippen LogP contribution in [0.15, 0.2) is 24.3 Å². The summed E-state index contributed by atoms with van der Waals surface area (Å²) in [6.07, 6.45) is 48.7. The maximum absolute atomic E-state index is 12.8. The van der Waals surface area contributed by atoms with Gasteiger partial charge in [0.25, 0.3) is 0 Å². The van der Waals surface area contributed by atoms with Crippen LogP contribution >= 0.6 is 0 Å². The summed E-state index contributed by atoms with van der Waals surface area (Å²) in [4.78, 5) is 35.0. The third-order valence-corrected chi connectivity index (χ3v) is 9.88. The normalized spacial score (nSPS) is 12.2. The molecule has 0 heterocycles. The van der Waals surface area contributed by atoms with Crippen molar-refractivity contribution in [1.82, 2.24) is 5.32 Å². The Bertz CT molecular complexity index is 838. The highest BCUT2D eigenvalue weighted by Gasteiger charge is 2.14. The molecule has 0 aromatic heterocycles. The van der Waals surface area contributed by atoms with E-state index in [1.807, 2.05) is 0 Å². The Morgan fingerprint density at radius 2 is 0.922 bits per heavy atom. The monoisotopic (exact) mass is 718 g/mol. The highest BCUT2D eigenvalue weighted by Crippen LogP contribution is 2.18. The Balaban J connectivity index is 4.19. The Morgan fingerprint density at radius 1 is 0.510 bits per heavy atom. The molecule has 0 aliphatic carbocycles. The second-order valence-electron chi connectivity index (χ2n) is 15.0. The van der Waals surface area contributed by atoms with E-state index in [1.165, 1.54) is 128 Å². The molecular weight excluding hydrogens is 634 g/mol. The summed E-state index contributed by atoms with van der Waals surface area (Å²) < 4.78 is 6.01. The van der Waals surface area contributed by atoms with Gasteiger partial charge in [0.1, 0.15) is 12.6 Å². The zero-order valence-electron chi connectivity index (χ0n) is 33.7. The van der Waals surface area contributed by atoms with Crippen molar-refractivity contribution in [3.63, 3.8) is 0 Å². The minimum atomic E-state index is -1.02. The van der Waals surface area contributed by atoms with Crippen LogP contribution in [0.4, 0.5) is 0 Å². The number of hydrogen-bond acceptors (Lipinski definition) is 4. The fourth-order valence-electron chi connectivity index (χ4n) is 6.61. The number of unbranched alkanes of at least 4 members (excludes halogenated alkanes) is 25. The zero-order chi connectivity index (χ0) is 37.3. The lowest BCUT2D eigenvalue weighted by Gasteiger charge is -2.18. The number of amides is 1. The molecule has 0 saturated carbocycles. The van der Waals surface area contributed by atoms with Gasteiger partial charge in [-0.3, -0.25) is 14.4 Å². The van der Waals surface area contributed by atoms with Crippen LogP contribution in [0, 0.1) is 0 Å². The molecule has 0 bridgehead atoms. The summed E-state index contributed by atoms with van der Waals surface area (Å²) in [6.45, 7) is 4.22. The van der Waals surface area contributed by atoms with Crippen LogP contribution in [-0.4, -0.2) is 35.6 Å². The molecular formula is C45H83NO5. The summed E-state index contributed by atoms with van der Waals surface area (Å²) in [6, 6.07) is 0. The lowest BCUT2D eigenvalue weighted by molar-refractivity contribution is -0.150. The highest BCUT2D eigenvalue weighted by atomic mass is 16.5. The Hall–Kier alpha value is -2.11. The molecule has 2 N–H and O–H groups in total. The molecule has 0 rings (SSSR count). The zero-order valence-corrected chi connectivity index (χ0v) is 33.7. The first kappa shape index (κ1) is 48.9. The first-order valence-corrected chi connectivity index (χ1v) is 22.0. The Labute approximate surface area is 315 Å². The molecule has 51 heavy (non-hydrogen) atoms. The molecule has 0 fully saturated rings. The molecule has 6 heteroatoms. The van der Waals surface area contributed by atoms with Gasteiger partial charge < -0.3 is 15.2 Å². The van der Waals surface area contributed by atoms with E-state index in [2.05, 4.69) is 43.5 Å². The molecule has 0 aliphatic rings. The highest BCUT2D eigenvalue weighted by molar-refractivity contribution is 5.80. The maximum atomic E-state index is 12.8. The van der Waals surface area contributed by atoms with Gasteiger partial charge in [-0.05, 0) is 64.2 Å². The first-order valence-electron chi connectivity index (χ1n) is 22.0. The molecule has 1 unspecified atom stereocenters. The van der Waals surface area contributed by atoms with Crippen LogP contribution in [0.2, 0.25) is 0 Å². The van der Waals surface area contributed by atoms with Gasteiger partial charge >= 0.3 is 11.9 Å². The van der Waals surface area contributed by atoms with Crippen LogP contribution in [0.1, 0.15) is 232 Å². The molecule has 0 aromatic rings. The number of rotatable bonds is 40. The van der Waals surface area contributed by atoms with Crippen LogP contribution in [0.25, 0.3) is 0 Å². The predicted octanol–water partition coefficient (Wildman–Crippen LogP) is 13.5. The number of aliphatic carboxylic acids is 1. The smallest absolute Gasteiger partial charge is 0.322 e. The third-order valence-electron chi connectivity index (χ3n) is 9.88. The largest absolute Gasteiger partial charge is 0.480 e. The molecule has 1 atom stereocenters. The number of carbonyl (C=O) groups excluding carboxylic acids is 2. The lowest BCUT2D eigenvalue weighted by atomic mass is 10.0. The van der Waals surface area contributed by atoms with E-state index in [-0.39, 0.29) is 24.5 Å². The van der Waals surface area contributed by atoms with Gasteiger partial charge in [0.2, 0.25) is 5.91 Å². The quantitative estimate of drug-likeness (QED) is 0.0374. The van der Waals surface area contributed by atoms with Gasteiger partial charge in [-0.2, -0.15) is 0 Å². The van der Waals surface area contributed by atoms with E-state index in [9.17, 15) is 14.4 Å². The van der Waals surface area contributed by atoms with Gasteiger partial charge in [-0.25, -0.2) is 0 Å². The SMILES string of the molecule is CCCCCCC/C=C\C/C=C\CCCC(CCCCCCCC(=O)NCC(=O)O)OC(=O)CCCCCCCCCCCCCCCCCC. The molecule has 298 valence electrons. The maximum Gasteiger partial charge on any atom is 0.322 e. The van der Waals surface area contributed by atoms with Crippen LogP contribution < -0.4 is 5.32 Å². The van der Waals surface area contributed by atoms with Crippen LogP contribution in [0.3, 0.4) is 0 Å². The number of carbonyl (C=O) groups is 3. The molecule has 1 amide bonds. The van der Waals surface area contributed by atoms with Gasteiger partial charge in [-0.1, -0.05) is 179 Å². The van der Waals surface area contributed by atoms with E-state index in [0.717, 1.165) is 77.0 Å². The number of carboxylic acids is 1. The molecule has 6 nitrogen and oxygen atoms in total. The van der Waals surface area contributed by atoms with Gasteiger partial charge in [0.05, 0.1) is 0 Å². The van der Waals surface area contributed by atoms with Crippen molar-refractivity contribution in [3.8, 4) is 0 Å². The van der Waals surface area contributed by atoms with Crippen molar-refractivity contribution >= 4 is 17.8 Å². The Kier molecular flexibility index (Phi) is 39.0. The molecule has 0 radical (unpaired) electrons. The number of carboxylic acid groups (broad SMARTS) is 1. The van der Waals surface area contributed by atoms with Gasteiger partial charge in [-0.15, -0.1) is 0 Å². The van der Waals surface area contributed by atoms with E-state index in [1.54, 1.807) is 0 Å². The van der Waals surface area contributed by atoms with Crippen molar-refractivity contribution in [2.45, 2.75) is 238 Å². The number of ether oxygens (including phenoxy) is 1. The number of nitrogens with one attached hydrogen (secondary N) is 1. The summed E-state index contributed by atoms with van der Waals surface area (Å²) in [5.74, 6) is -1.25. The summed E-state index contributed by atoms with van der Waals surface area (Å²) in [5.41, 5.74) is 0. The first-order chi connectivity index (χ1) is 25.0. The standard InChI is InChI=1S/C45H83NO5/c1-3-5-7-9-11-13-15-17-18-19-21-23-25-27-32-36-40-45(50)51-42(38-34-30-28-31-35-39-43(47)46-41-44(48)49)37-33-29-26-24-22-20-16-14-12-10-8-6-4-2/h16,20,24,26,42H,3-15,17-19,21-23,25,27-41H2,1-2H3,(H,46,47)(H,48,49)/b20-16-,26-24-. The van der Waals surface area contributed by atoms with E-state index in [0.29, 0.717) is 12.8 Å². The number of allylic oxidation sites excluding steroid dienone is 4. The average molecular weight is 718 g/mol. The summed E-state index contributed by atoms with van der Waals surface area (Å²) in [5, 5.41) is 11.1. The van der Waals surface area contributed by atoms with E-state index in [4.69, 9.17) is 9.84 Å². The van der Waals surface area contributed by atoms with Crippen molar-refractivity contribution < 1.29 is 24.2 Å². The second-order valence-corrected chi connectivity index (χ2v) is 15.0. The molecule has 0 saturated heterocycles.